The summed E-state index contributed by atoms with van der Waals surface area (Å²) in [6.07, 6.45) is 4.99. The third-order valence-electron chi connectivity index (χ3n) is 6.97. The molecule has 0 bridgehead atoms. The first-order chi connectivity index (χ1) is 18.0. The molecule has 186 valence electrons. The number of para-hydroxylation sites is 1. The largest absolute Gasteiger partial charge is 0.457 e. The van der Waals surface area contributed by atoms with Crippen LogP contribution < -0.4 is 14.8 Å². The van der Waals surface area contributed by atoms with Crippen LogP contribution in [0.15, 0.2) is 114 Å². The predicted octanol–water partition coefficient (Wildman–Crippen LogP) is 7.25. The summed E-state index contributed by atoms with van der Waals surface area (Å²) in [5.41, 5.74) is 2.79. The molecule has 0 spiro atoms. The lowest BCUT2D eigenvalue weighted by Gasteiger charge is -2.37. The molecule has 37 heavy (non-hydrogen) atoms. The Balaban J connectivity index is 1.24. The van der Waals surface area contributed by atoms with Crippen molar-refractivity contribution in [2.24, 2.45) is 5.92 Å². The molecule has 0 aromatic heterocycles. The van der Waals surface area contributed by atoms with Crippen LogP contribution in [0.3, 0.4) is 0 Å². The molecule has 3 atom stereocenters. The van der Waals surface area contributed by atoms with Crippen LogP contribution in [-0.4, -0.2) is 8.42 Å². The van der Waals surface area contributed by atoms with Crippen molar-refractivity contribution < 1.29 is 17.5 Å². The molecule has 4 aromatic rings. The van der Waals surface area contributed by atoms with E-state index in [2.05, 4.69) is 22.2 Å². The van der Waals surface area contributed by atoms with E-state index in [0.717, 1.165) is 17.7 Å². The van der Waals surface area contributed by atoms with Gasteiger partial charge in [-0.2, -0.15) is 0 Å². The standard InChI is InChI=1S/C30H25FN2O3S/c31-28-12-5-4-9-26(28)30-25-11-6-10-24(25)27-19-23(17-18-29(27)32-30)37(34,35)33-20-13-15-22(16-14-20)36-21-7-2-1-3-8-21/h1-10,12-19,24-25,30,32-33H,11H2/t24-,25+,30-/m0/s1. The summed E-state index contributed by atoms with van der Waals surface area (Å²) in [6.45, 7) is 0. The molecule has 4 aromatic carbocycles. The lowest BCUT2D eigenvalue weighted by molar-refractivity contribution is 0.413. The Kier molecular flexibility index (Phi) is 5.93. The SMILES string of the molecule is O=S(=O)(Nc1ccc(Oc2ccccc2)cc1)c1ccc2c(c1)[C@H]1C=CC[C@H]1[C@@H](c1ccccc1F)N2. The van der Waals surface area contributed by atoms with Crippen molar-refractivity contribution in [3.05, 3.63) is 126 Å². The number of rotatable bonds is 6. The maximum Gasteiger partial charge on any atom is 0.261 e. The van der Waals surface area contributed by atoms with Crippen molar-refractivity contribution >= 4 is 21.4 Å². The second-order valence-corrected chi connectivity index (χ2v) is 11.0. The monoisotopic (exact) mass is 512 g/mol. The van der Waals surface area contributed by atoms with E-state index in [9.17, 15) is 12.8 Å². The number of allylic oxidation sites excluding steroid dienone is 2. The Morgan fingerprint density at radius 3 is 2.35 bits per heavy atom. The number of benzene rings is 4. The minimum Gasteiger partial charge on any atom is -0.457 e. The van der Waals surface area contributed by atoms with E-state index >= 15 is 0 Å². The second-order valence-electron chi connectivity index (χ2n) is 9.29. The molecule has 0 saturated heterocycles. The molecular weight excluding hydrogens is 487 g/mol. The van der Waals surface area contributed by atoms with Gasteiger partial charge in [-0.15, -0.1) is 0 Å². The first-order valence-corrected chi connectivity index (χ1v) is 13.6. The van der Waals surface area contributed by atoms with Crippen LogP contribution in [0.4, 0.5) is 15.8 Å². The highest BCUT2D eigenvalue weighted by atomic mass is 32.2. The summed E-state index contributed by atoms with van der Waals surface area (Å²) < 4.78 is 49.6. The fraction of sp³-hybridized carbons (Fsp3) is 0.133. The average Bonchev–Trinajstić information content (AvgIpc) is 3.41. The highest BCUT2D eigenvalue weighted by Crippen LogP contribution is 2.50. The van der Waals surface area contributed by atoms with Crippen molar-refractivity contribution in [1.82, 2.24) is 0 Å². The van der Waals surface area contributed by atoms with Gasteiger partial charge < -0.3 is 10.1 Å². The van der Waals surface area contributed by atoms with Crippen LogP contribution in [0.1, 0.15) is 29.5 Å². The number of nitrogens with one attached hydrogen (secondary N) is 2. The van der Waals surface area contributed by atoms with Crippen LogP contribution in [0, 0.1) is 11.7 Å². The maximum atomic E-state index is 14.6. The minimum atomic E-state index is -3.82. The molecule has 0 radical (unpaired) electrons. The first-order valence-electron chi connectivity index (χ1n) is 12.2. The number of halogens is 1. The van der Waals surface area contributed by atoms with Gasteiger partial charge in [-0.05, 0) is 78.6 Å². The van der Waals surface area contributed by atoms with Crippen molar-refractivity contribution in [3.8, 4) is 11.5 Å². The average molecular weight is 513 g/mol. The summed E-state index contributed by atoms with van der Waals surface area (Å²) >= 11 is 0. The molecule has 0 fully saturated rings. The van der Waals surface area contributed by atoms with Gasteiger partial charge in [-0.3, -0.25) is 4.72 Å². The highest BCUT2D eigenvalue weighted by Gasteiger charge is 2.39. The normalized spacial score (nSPS) is 20.0. The van der Waals surface area contributed by atoms with E-state index in [-0.39, 0.29) is 28.6 Å². The lowest BCUT2D eigenvalue weighted by Crippen LogP contribution is -2.30. The Bertz CT molecular complexity index is 1570. The van der Waals surface area contributed by atoms with Crippen molar-refractivity contribution in [2.75, 3.05) is 10.0 Å². The number of sulfonamides is 1. The van der Waals surface area contributed by atoms with Gasteiger partial charge in [0.05, 0.1) is 10.9 Å². The summed E-state index contributed by atoms with van der Waals surface area (Å²) in [5.74, 6) is 1.18. The summed E-state index contributed by atoms with van der Waals surface area (Å²) in [4.78, 5) is 0.182. The molecule has 5 nitrogen and oxygen atoms in total. The smallest absolute Gasteiger partial charge is 0.261 e. The molecular formula is C30H25FN2O3S. The van der Waals surface area contributed by atoms with Crippen LogP contribution in [0.5, 0.6) is 11.5 Å². The fourth-order valence-electron chi connectivity index (χ4n) is 5.20. The fourth-order valence-corrected chi connectivity index (χ4v) is 6.30. The molecule has 1 aliphatic carbocycles. The zero-order valence-electron chi connectivity index (χ0n) is 19.8. The van der Waals surface area contributed by atoms with Crippen molar-refractivity contribution in [1.29, 1.82) is 0 Å². The summed E-state index contributed by atoms with van der Waals surface area (Å²) in [5, 5.41) is 3.47. The van der Waals surface area contributed by atoms with Gasteiger partial charge in [0.2, 0.25) is 0 Å². The van der Waals surface area contributed by atoms with E-state index in [1.165, 1.54) is 6.07 Å². The van der Waals surface area contributed by atoms with Crippen LogP contribution in [0.25, 0.3) is 0 Å². The van der Waals surface area contributed by atoms with Crippen LogP contribution >= 0.6 is 0 Å². The van der Waals surface area contributed by atoms with Gasteiger partial charge in [0.25, 0.3) is 10.0 Å². The predicted molar refractivity (Wildman–Crippen MR) is 143 cm³/mol. The number of ether oxygens (including phenoxy) is 1. The molecule has 2 N–H and O–H groups in total. The minimum absolute atomic E-state index is 0.00502. The van der Waals surface area contributed by atoms with E-state index < -0.39 is 10.0 Å². The zero-order chi connectivity index (χ0) is 25.4. The Morgan fingerprint density at radius 1 is 0.838 bits per heavy atom. The molecule has 1 heterocycles. The van der Waals surface area contributed by atoms with E-state index in [0.29, 0.717) is 22.7 Å². The summed E-state index contributed by atoms with van der Waals surface area (Å²) in [6, 6.07) is 27.9. The topological polar surface area (TPSA) is 67.4 Å². The first kappa shape index (κ1) is 23.3. The second kappa shape index (κ2) is 9.41. The van der Waals surface area contributed by atoms with Crippen LogP contribution in [0.2, 0.25) is 0 Å². The van der Waals surface area contributed by atoms with Crippen molar-refractivity contribution in [3.63, 3.8) is 0 Å². The van der Waals surface area contributed by atoms with Crippen molar-refractivity contribution in [2.45, 2.75) is 23.3 Å². The number of hydrogen-bond donors (Lipinski definition) is 2. The lowest BCUT2D eigenvalue weighted by atomic mass is 9.77. The number of fused-ring (bicyclic) bond motifs is 3. The van der Waals surface area contributed by atoms with E-state index in [1.54, 1.807) is 48.5 Å². The Morgan fingerprint density at radius 2 is 1.57 bits per heavy atom. The molecule has 0 saturated carbocycles. The third kappa shape index (κ3) is 4.58. The zero-order valence-corrected chi connectivity index (χ0v) is 20.7. The van der Waals surface area contributed by atoms with Gasteiger partial charge in [0, 0.05) is 22.9 Å². The Labute approximate surface area is 215 Å². The molecule has 7 heteroatoms. The van der Waals surface area contributed by atoms with Gasteiger partial charge in [0.15, 0.2) is 0 Å². The van der Waals surface area contributed by atoms with Crippen LogP contribution in [-0.2, 0) is 10.0 Å². The molecule has 0 amide bonds. The van der Waals surface area contributed by atoms with Gasteiger partial charge in [-0.1, -0.05) is 48.6 Å². The van der Waals surface area contributed by atoms with Gasteiger partial charge in [-0.25, -0.2) is 12.8 Å². The van der Waals surface area contributed by atoms with Gasteiger partial charge in [0.1, 0.15) is 17.3 Å². The quantitative estimate of drug-likeness (QED) is 0.267. The molecule has 2 aliphatic rings. The highest BCUT2D eigenvalue weighted by molar-refractivity contribution is 7.92. The maximum absolute atomic E-state index is 14.6. The summed E-state index contributed by atoms with van der Waals surface area (Å²) in [7, 11) is -3.82. The van der Waals surface area contributed by atoms with E-state index in [1.807, 2.05) is 42.5 Å². The Hall–Kier alpha value is -4.10. The van der Waals surface area contributed by atoms with E-state index in [4.69, 9.17) is 4.74 Å². The third-order valence-corrected chi connectivity index (χ3v) is 8.35. The molecule has 1 aliphatic heterocycles. The number of anilines is 2. The molecule has 0 unspecified atom stereocenters. The number of hydrogen-bond acceptors (Lipinski definition) is 4. The molecule has 6 rings (SSSR count). The van der Waals surface area contributed by atoms with Gasteiger partial charge >= 0.3 is 0 Å².